The summed E-state index contributed by atoms with van der Waals surface area (Å²) < 4.78 is 1.64. The molecule has 0 aliphatic carbocycles. The number of carbonyl (C=O) groups excluding carboxylic acids is 3. The Kier molecular flexibility index (Phi) is 12.7. The van der Waals surface area contributed by atoms with Crippen LogP contribution < -0.4 is 20.8 Å². The average molecular weight is 628 g/mol. The van der Waals surface area contributed by atoms with Crippen molar-refractivity contribution in [2.45, 2.75) is 128 Å². The van der Waals surface area contributed by atoms with Crippen LogP contribution in [0.5, 0.6) is 0 Å². The molecule has 0 spiro atoms. The number of carbonyl (C=O) groups is 3. The van der Waals surface area contributed by atoms with Gasteiger partial charge in [-0.1, -0.05) is 70.6 Å². The lowest BCUT2D eigenvalue weighted by molar-refractivity contribution is -0.144. The van der Waals surface area contributed by atoms with Gasteiger partial charge < -0.3 is 31.0 Å². The largest absolute Gasteiger partial charge is 0.417 e. The Hall–Kier alpha value is -3.15. The maximum atomic E-state index is 14.1. The summed E-state index contributed by atoms with van der Waals surface area (Å²) in [4.78, 5) is 49.1. The number of aliphatic hydroxyl groups is 2. The van der Waals surface area contributed by atoms with Gasteiger partial charge in [-0.2, -0.15) is 4.73 Å². The number of piperidine rings is 1. The van der Waals surface area contributed by atoms with Gasteiger partial charge in [-0.05, 0) is 50.2 Å². The summed E-state index contributed by atoms with van der Waals surface area (Å²) in [6, 6.07) is 4.72. The number of fused-ring (bicyclic) bond motifs is 2. The van der Waals surface area contributed by atoms with Crippen molar-refractivity contribution < 1.29 is 29.4 Å². The van der Waals surface area contributed by atoms with E-state index in [4.69, 9.17) is 4.84 Å². The van der Waals surface area contributed by atoms with E-state index >= 15 is 0 Å². The number of unbranched alkanes of at least 4 members (excludes halogenated alkanes) is 3. The van der Waals surface area contributed by atoms with Crippen LogP contribution in [-0.4, -0.2) is 87.7 Å². The first kappa shape index (κ1) is 34.7. The van der Waals surface area contributed by atoms with Crippen LogP contribution in [0.2, 0.25) is 0 Å². The number of rotatable bonds is 12. The van der Waals surface area contributed by atoms with Gasteiger partial charge in [-0.15, -0.1) is 0 Å². The molecule has 2 saturated heterocycles. The Morgan fingerprint density at radius 3 is 2.40 bits per heavy atom. The molecule has 45 heavy (non-hydrogen) atoms. The smallest absolute Gasteiger partial charge is 0.243 e. The predicted octanol–water partition coefficient (Wildman–Crippen LogP) is 2.65. The number of nitrogens with zero attached hydrogens (tertiary/aromatic N) is 2. The van der Waals surface area contributed by atoms with Gasteiger partial charge in [0.25, 0.3) is 0 Å². The van der Waals surface area contributed by atoms with Gasteiger partial charge >= 0.3 is 0 Å². The van der Waals surface area contributed by atoms with Crippen molar-refractivity contribution in [3.8, 4) is 0 Å². The summed E-state index contributed by atoms with van der Waals surface area (Å²) in [5.74, 6) is -1.12. The highest BCUT2D eigenvalue weighted by Gasteiger charge is 2.41. The van der Waals surface area contributed by atoms with Gasteiger partial charge in [0, 0.05) is 24.5 Å². The molecule has 250 valence electrons. The van der Waals surface area contributed by atoms with E-state index in [1.54, 1.807) is 18.8 Å². The van der Waals surface area contributed by atoms with E-state index in [1.807, 2.05) is 49.2 Å². The van der Waals surface area contributed by atoms with E-state index in [2.05, 4.69) is 16.0 Å². The highest BCUT2D eigenvalue weighted by atomic mass is 16.6. The molecule has 1 aromatic heterocycles. The monoisotopic (exact) mass is 627 g/mol. The molecule has 11 nitrogen and oxygen atoms in total. The van der Waals surface area contributed by atoms with Crippen molar-refractivity contribution in [1.82, 2.24) is 25.6 Å². The molecule has 2 aliphatic heterocycles. The fraction of sp³-hybridized carbons (Fsp3) is 0.676. The summed E-state index contributed by atoms with van der Waals surface area (Å²) >= 11 is 0. The average Bonchev–Trinajstić information content (AvgIpc) is 3.40. The summed E-state index contributed by atoms with van der Waals surface area (Å²) in [5.41, 5.74) is 1.68. The van der Waals surface area contributed by atoms with E-state index in [0.29, 0.717) is 32.2 Å². The maximum absolute atomic E-state index is 14.1. The second-order valence-electron chi connectivity index (χ2n) is 12.9. The van der Waals surface area contributed by atoms with Crippen molar-refractivity contribution in [2.75, 3.05) is 13.7 Å². The zero-order valence-corrected chi connectivity index (χ0v) is 27.3. The molecule has 2 fully saturated rings. The molecule has 5 N–H and O–H groups in total. The molecule has 2 aromatic rings. The lowest BCUT2D eigenvalue weighted by Crippen LogP contribution is -2.65. The van der Waals surface area contributed by atoms with Gasteiger partial charge in [0.05, 0.1) is 23.7 Å². The van der Waals surface area contributed by atoms with E-state index in [-0.39, 0.29) is 30.3 Å². The summed E-state index contributed by atoms with van der Waals surface area (Å²) in [5, 5.41) is 31.3. The lowest BCUT2D eigenvalue weighted by atomic mass is 9.92. The number of amides is 3. The fourth-order valence-corrected chi connectivity index (χ4v) is 6.70. The number of para-hydroxylation sites is 1. The molecule has 11 heteroatoms. The third-order valence-electron chi connectivity index (χ3n) is 9.59. The number of nitrogens with one attached hydrogen (secondary N) is 3. The number of benzene rings is 1. The molecule has 3 heterocycles. The highest BCUT2D eigenvalue weighted by Crippen LogP contribution is 2.26. The molecule has 1 aromatic carbocycles. The van der Waals surface area contributed by atoms with Gasteiger partial charge in [0.2, 0.25) is 17.7 Å². The Labute approximate surface area is 267 Å². The molecule has 0 saturated carbocycles. The first-order chi connectivity index (χ1) is 21.6. The topological polar surface area (TPSA) is 145 Å². The highest BCUT2D eigenvalue weighted by molar-refractivity contribution is 5.94. The molecule has 4 rings (SSSR count). The Bertz CT molecular complexity index is 1280. The van der Waals surface area contributed by atoms with Crippen LogP contribution in [-0.2, 0) is 20.8 Å². The SMILES string of the molecule is CCC(C)[C@@H]1NC(=O)[C@H](Cc2cn(OC)c3ccccc23)NC(=O)[C@H](CCCCCCC(C)O)NC(=O)[C@H]2CCCCN2C1O. The van der Waals surface area contributed by atoms with Crippen LogP contribution in [0.3, 0.4) is 0 Å². The van der Waals surface area contributed by atoms with E-state index < -0.39 is 36.3 Å². The van der Waals surface area contributed by atoms with E-state index in [9.17, 15) is 24.6 Å². The minimum absolute atomic E-state index is 0.0779. The maximum Gasteiger partial charge on any atom is 0.243 e. The van der Waals surface area contributed by atoms with E-state index in [0.717, 1.165) is 55.0 Å². The first-order valence-corrected chi connectivity index (χ1v) is 16.8. The van der Waals surface area contributed by atoms with Crippen LogP contribution >= 0.6 is 0 Å². The van der Waals surface area contributed by atoms with Crippen LogP contribution in [0.1, 0.15) is 90.5 Å². The van der Waals surface area contributed by atoms with E-state index in [1.165, 1.54) is 0 Å². The number of hydrogen-bond donors (Lipinski definition) is 5. The second-order valence-corrected chi connectivity index (χ2v) is 12.9. The molecule has 3 unspecified atom stereocenters. The molecule has 0 radical (unpaired) electrons. The molecule has 3 amide bonds. The third kappa shape index (κ3) is 8.77. The number of hydrogen-bond acceptors (Lipinski definition) is 7. The van der Waals surface area contributed by atoms with Gasteiger partial charge in [-0.3, -0.25) is 19.3 Å². The normalized spacial score (nSPS) is 26.5. The second kappa shape index (κ2) is 16.4. The van der Waals surface area contributed by atoms with Gasteiger partial charge in [-0.25, -0.2) is 0 Å². The molecular weight excluding hydrogens is 574 g/mol. The predicted molar refractivity (Wildman–Crippen MR) is 173 cm³/mol. The van der Waals surface area contributed by atoms with Crippen LogP contribution in [0.25, 0.3) is 10.9 Å². The van der Waals surface area contributed by atoms with Crippen molar-refractivity contribution in [2.24, 2.45) is 5.92 Å². The molecule has 0 bridgehead atoms. The van der Waals surface area contributed by atoms with Crippen molar-refractivity contribution in [3.63, 3.8) is 0 Å². The summed E-state index contributed by atoms with van der Waals surface area (Å²) in [7, 11) is 1.57. The standard InChI is InChI=1S/C34H53N5O6/c1-5-22(2)30-34(44)38-19-13-12-18-29(38)33(43)35-26(16-9-7-6-8-14-23(3)40)31(41)36-27(32(42)37-30)20-24-21-39(45-4)28-17-11-10-15-25(24)28/h10-11,15,17,21-23,26-27,29-30,34,40,44H,5-9,12-14,16,18-20H2,1-4H3,(H,35,43)(H,36,41)(H,37,42)/t22?,23?,26-,27-,29+,30-,34?/m0/s1. The summed E-state index contributed by atoms with van der Waals surface area (Å²) in [6.45, 7) is 6.30. The zero-order chi connectivity index (χ0) is 32.5. The van der Waals surface area contributed by atoms with Crippen LogP contribution in [0.4, 0.5) is 0 Å². The fourth-order valence-electron chi connectivity index (χ4n) is 6.70. The minimum Gasteiger partial charge on any atom is -0.417 e. The van der Waals surface area contributed by atoms with Gasteiger partial charge in [0.1, 0.15) is 25.4 Å². The number of aliphatic hydroxyl groups excluding tert-OH is 2. The zero-order valence-electron chi connectivity index (χ0n) is 27.3. The lowest BCUT2D eigenvalue weighted by Gasteiger charge is -2.43. The number of aromatic nitrogens is 1. The van der Waals surface area contributed by atoms with Crippen molar-refractivity contribution in [1.29, 1.82) is 0 Å². The van der Waals surface area contributed by atoms with Gasteiger partial charge in [0.15, 0.2) is 0 Å². The summed E-state index contributed by atoms with van der Waals surface area (Å²) in [6.07, 6.45) is 8.14. The van der Waals surface area contributed by atoms with Crippen molar-refractivity contribution in [3.05, 3.63) is 36.0 Å². The Morgan fingerprint density at radius 2 is 1.67 bits per heavy atom. The van der Waals surface area contributed by atoms with Crippen LogP contribution in [0.15, 0.2) is 30.5 Å². The Morgan fingerprint density at radius 1 is 0.956 bits per heavy atom. The minimum atomic E-state index is -1.06. The van der Waals surface area contributed by atoms with Crippen LogP contribution in [0, 0.1) is 5.92 Å². The van der Waals surface area contributed by atoms with Crippen molar-refractivity contribution >= 4 is 28.6 Å². The molecular formula is C34H53N5O6. The first-order valence-electron chi connectivity index (χ1n) is 16.8. The quantitative estimate of drug-likeness (QED) is 0.228. The molecule has 7 atom stereocenters. The Balaban J connectivity index is 1.65. The third-order valence-corrected chi connectivity index (χ3v) is 9.59. The molecule has 2 aliphatic rings.